The summed E-state index contributed by atoms with van der Waals surface area (Å²) in [5.41, 5.74) is 6.88. The van der Waals surface area contributed by atoms with Crippen molar-refractivity contribution in [2.75, 3.05) is 26.2 Å². The maximum absolute atomic E-state index is 5.57. The summed E-state index contributed by atoms with van der Waals surface area (Å²) >= 11 is 0. The van der Waals surface area contributed by atoms with Gasteiger partial charge in [-0.2, -0.15) is 5.10 Å². The molecule has 0 aliphatic carbocycles. The number of hydrogen-bond acceptors (Lipinski definition) is 3. The van der Waals surface area contributed by atoms with Gasteiger partial charge in [-0.15, -0.1) is 0 Å². The molecule has 0 atom stereocenters. The lowest BCUT2D eigenvalue weighted by Gasteiger charge is -2.20. The highest BCUT2D eigenvalue weighted by Crippen LogP contribution is 2.00. The molecule has 86 valence electrons. The standard InChI is InChI=1S/C11H22N4/c1-3-6-15(8-5-12)7-4-11-9-13-14(2)10-11/h9-10H,3-8,12H2,1-2H3. The van der Waals surface area contributed by atoms with Crippen molar-refractivity contribution < 1.29 is 0 Å². The van der Waals surface area contributed by atoms with Crippen molar-refractivity contribution in [3.05, 3.63) is 18.0 Å². The molecule has 0 spiro atoms. The van der Waals surface area contributed by atoms with Crippen LogP contribution in [0.25, 0.3) is 0 Å². The largest absolute Gasteiger partial charge is 0.329 e. The number of hydrogen-bond donors (Lipinski definition) is 1. The molecule has 0 aliphatic rings. The summed E-state index contributed by atoms with van der Waals surface area (Å²) in [6.45, 7) is 6.16. The average molecular weight is 210 g/mol. The highest BCUT2D eigenvalue weighted by molar-refractivity contribution is 5.03. The lowest BCUT2D eigenvalue weighted by atomic mass is 10.2. The van der Waals surface area contributed by atoms with Gasteiger partial charge in [0.15, 0.2) is 0 Å². The molecule has 0 radical (unpaired) electrons. The molecule has 0 saturated carbocycles. The maximum Gasteiger partial charge on any atom is 0.0522 e. The van der Waals surface area contributed by atoms with Crippen LogP contribution in [-0.4, -0.2) is 40.9 Å². The Morgan fingerprint density at radius 2 is 2.20 bits per heavy atom. The first-order chi connectivity index (χ1) is 7.26. The Kier molecular flexibility index (Phi) is 5.36. The molecule has 0 fully saturated rings. The lowest BCUT2D eigenvalue weighted by molar-refractivity contribution is 0.285. The van der Waals surface area contributed by atoms with E-state index < -0.39 is 0 Å². The van der Waals surface area contributed by atoms with E-state index in [1.165, 1.54) is 12.0 Å². The third-order valence-corrected chi connectivity index (χ3v) is 2.46. The fourth-order valence-corrected chi connectivity index (χ4v) is 1.72. The first kappa shape index (κ1) is 12.2. The van der Waals surface area contributed by atoms with Gasteiger partial charge in [-0.05, 0) is 24.9 Å². The minimum Gasteiger partial charge on any atom is -0.329 e. The van der Waals surface area contributed by atoms with Crippen LogP contribution >= 0.6 is 0 Å². The average Bonchev–Trinajstić information content (AvgIpc) is 2.61. The van der Waals surface area contributed by atoms with E-state index in [0.29, 0.717) is 0 Å². The van der Waals surface area contributed by atoms with Crippen LogP contribution in [0.5, 0.6) is 0 Å². The summed E-state index contributed by atoms with van der Waals surface area (Å²) in [6, 6.07) is 0. The van der Waals surface area contributed by atoms with Crippen molar-refractivity contribution in [1.29, 1.82) is 0 Å². The number of nitrogens with zero attached hydrogens (tertiary/aromatic N) is 3. The zero-order valence-corrected chi connectivity index (χ0v) is 9.82. The highest BCUT2D eigenvalue weighted by atomic mass is 15.2. The fourth-order valence-electron chi connectivity index (χ4n) is 1.72. The van der Waals surface area contributed by atoms with Crippen LogP contribution in [0.2, 0.25) is 0 Å². The fraction of sp³-hybridized carbons (Fsp3) is 0.727. The second-order valence-electron chi connectivity index (χ2n) is 3.90. The second-order valence-corrected chi connectivity index (χ2v) is 3.90. The van der Waals surface area contributed by atoms with Crippen LogP contribution in [-0.2, 0) is 13.5 Å². The van der Waals surface area contributed by atoms with E-state index in [9.17, 15) is 0 Å². The Hall–Kier alpha value is -0.870. The maximum atomic E-state index is 5.57. The second kappa shape index (κ2) is 6.58. The van der Waals surface area contributed by atoms with Gasteiger partial charge in [-0.25, -0.2) is 0 Å². The zero-order valence-electron chi connectivity index (χ0n) is 9.82. The van der Waals surface area contributed by atoms with Gasteiger partial charge in [0.2, 0.25) is 0 Å². The molecule has 4 heteroatoms. The number of nitrogens with two attached hydrogens (primary N) is 1. The summed E-state index contributed by atoms with van der Waals surface area (Å²) in [7, 11) is 1.95. The predicted octanol–water partition coefficient (Wildman–Crippen LogP) is 0.633. The van der Waals surface area contributed by atoms with Crippen molar-refractivity contribution in [3.8, 4) is 0 Å². The Bertz CT molecular complexity index is 263. The van der Waals surface area contributed by atoms with Crippen LogP contribution in [0.1, 0.15) is 18.9 Å². The van der Waals surface area contributed by atoms with Crippen LogP contribution in [0.4, 0.5) is 0 Å². The Morgan fingerprint density at radius 1 is 1.40 bits per heavy atom. The van der Waals surface area contributed by atoms with Gasteiger partial charge < -0.3 is 10.6 Å². The van der Waals surface area contributed by atoms with E-state index in [0.717, 1.165) is 32.6 Å². The van der Waals surface area contributed by atoms with Crippen molar-refractivity contribution >= 4 is 0 Å². The first-order valence-electron chi connectivity index (χ1n) is 5.66. The highest BCUT2D eigenvalue weighted by Gasteiger charge is 2.03. The minimum atomic E-state index is 0.743. The van der Waals surface area contributed by atoms with Gasteiger partial charge in [-0.1, -0.05) is 6.92 Å². The summed E-state index contributed by atoms with van der Waals surface area (Å²) in [6.07, 6.45) is 6.26. The molecule has 1 aromatic heterocycles. The van der Waals surface area contributed by atoms with E-state index in [2.05, 4.69) is 23.1 Å². The van der Waals surface area contributed by atoms with Gasteiger partial charge >= 0.3 is 0 Å². The van der Waals surface area contributed by atoms with Crippen LogP contribution in [0.3, 0.4) is 0 Å². The molecule has 0 saturated heterocycles. The van der Waals surface area contributed by atoms with Crippen LogP contribution in [0.15, 0.2) is 12.4 Å². The van der Waals surface area contributed by atoms with E-state index in [1.807, 2.05) is 17.9 Å². The van der Waals surface area contributed by atoms with Crippen molar-refractivity contribution in [1.82, 2.24) is 14.7 Å². The molecule has 1 rings (SSSR count). The monoisotopic (exact) mass is 210 g/mol. The molecule has 0 bridgehead atoms. The molecule has 0 aromatic carbocycles. The number of rotatable bonds is 7. The lowest BCUT2D eigenvalue weighted by Crippen LogP contribution is -2.32. The summed E-state index contributed by atoms with van der Waals surface area (Å²) in [4.78, 5) is 2.41. The summed E-state index contributed by atoms with van der Waals surface area (Å²) in [5, 5.41) is 4.16. The topological polar surface area (TPSA) is 47.1 Å². The summed E-state index contributed by atoms with van der Waals surface area (Å²) < 4.78 is 1.85. The van der Waals surface area contributed by atoms with Gasteiger partial charge in [0.1, 0.15) is 0 Å². The smallest absolute Gasteiger partial charge is 0.0522 e. The van der Waals surface area contributed by atoms with Crippen LogP contribution in [0, 0.1) is 0 Å². The van der Waals surface area contributed by atoms with E-state index >= 15 is 0 Å². The molecular weight excluding hydrogens is 188 g/mol. The van der Waals surface area contributed by atoms with Gasteiger partial charge in [0.05, 0.1) is 6.20 Å². The molecule has 1 aromatic rings. The molecule has 1 heterocycles. The molecule has 0 unspecified atom stereocenters. The van der Waals surface area contributed by atoms with Gasteiger partial charge in [-0.3, -0.25) is 4.68 Å². The molecule has 2 N–H and O–H groups in total. The number of aromatic nitrogens is 2. The van der Waals surface area contributed by atoms with E-state index in [-0.39, 0.29) is 0 Å². The Balaban J connectivity index is 2.32. The summed E-state index contributed by atoms with van der Waals surface area (Å²) in [5.74, 6) is 0. The minimum absolute atomic E-state index is 0.743. The number of aryl methyl sites for hydroxylation is 1. The predicted molar refractivity (Wildman–Crippen MR) is 62.7 cm³/mol. The van der Waals surface area contributed by atoms with Crippen molar-refractivity contribution in [2.45, 2.75) is 19.8 Å². The molecule has 0 amide bonds. The zero-order chi connectivity index (χ0) is 11.1. The van der Waals surface area contributed by atoms with E-state index in [4.69, 9.17) is 5.73 Å². The van der Waals surface area contributed by atoms with Gasteiger partial charge in [0.25, 0.3) is 0 Å². The van der Waals surface area contributed by atoms with Crippen LogP contribution < -0.4 is 5.73 Å². The normalized spacial score (nSPS) is 11.2. The molecule has 4 nitrogen and oxygen atoms in total. The molecule has 15 heavy (non-hydrogen) atoms. The third kappa shape index (κ3) is 4.44. The van der Waals surface area contributed by atoms with Crippen molar-refractivity contribution in [2.24, 2.45) is 12.8 Å². The van der Waals surface area contributed by atoms with Gasteiger partial charge in [0, 0.05) is 32.9 Å². The molecule has 0 aliphatic heterocycles. The van der Waals surface area contributed by atoms with E-state index in [1.54, 1.807) is 0 Å². The molecular formula is C11H22N4. The van der Waals surface area contributed by atoms with Crippen molar-refractivity contribution in [3.63, 3.8) is 0 Å². The SMILES string of the molecule is CCCN(CCN)CCc1cnn(C)c1. The Morgan fingerprint density at radius 3 is 2.73 bits per heavy atom. The quantitative estimate of drug-likeness (QED) is 0.718. The third-order valence-electron chi connectivity index (χ3n) is 2.46. The Labute approximate surface area is 92.1 Å². The first-order valence-corrected chi connectivity index (χ1v) is 5.66.